The second kappa shape index (κ2) is 7.92. The number of nitrogens with one attached hydrogen (secondary N) is 1. The number of thiazole rings is 1. The van der Waals surface area contributed by atoms with E-state index in [4.69, 9.17) is 0 Å². The Balaban J connectivity index is 1.74. The Morgan fingerprint density at radius 2 is 2.12 bits per heavy atom. The first-order valence-electron chi connectivity index (χ1n) is 7.79. The van der Waals surface area contributed by atoms with Gasteiger partial charge in [0, 0.05) is 10.9 Å². The lowest BCUT2D eigenvalue weighted by Crippen LogP contribution is -2.26. The number of aryl methyl sites for hydroxylation is 1. The normalized spacial score (nSPS) is 12.2. The van der Waals surface area contributed by atoms with Gasteiger partial charge in [-0.15, -0.1) is 11.3 Å². The number of thiophene rings is 1. The summed E-state index contributed by atoms with van der Waals surface area (Å²) in [7, 11) is 0. The predicted molar refractivity (Wildman–Crippen MR) is 99.1 cm³/mol. The van der Waals surface area contributed by atoms with Gasteiger partial charge in [-0.2, -0.15) is 20.1 Å². The van der Waals surface area contributed by atoms with Gasteiger partial charge in [-0.1, -0.05) is 12.1 Å². The molecule has 2 heterocycles. The van der Waals surface area contributed by atoms with Crippen LogP contribution < -0.4 is 10.1 Å². The molecule has 8 heteroatoms. The zero-order chi connectivity index (χ0) is 18.7. The predicted octanol–water partition coefficient (Wildman–Crippen LogP) is 5.27. The van der Waals surface area contributed by atoms with Crippen LogP contribution in [0.2, 0.25) is 0 Å². The standard InChI is InChI=1S/C18H16F2N2O2S2/c1-10(12-4-3-5-14(8-12)24-18(19)20)21-16(23)15-11(2)22-17(26-15)13-6-7-25-9-13/h3-10,18H,1-2H3,(H,21,23). The summed E-state index contributed by atoms with van der Waals surface area (Å²) >= 11 is 2.91. The number of halogens is 2. The molecule has 0 saturated heterocycles. The van der Waals surface area contributed by atoms with Crippen molar-refractivity contribution in [3.8, 4) is 16.3 Å². The number of hydrogen-bond donors (Lipinski definition) is 1. The number of rotatable bonds is 6. The van der Waals surface area contributed by atoms with Crippen LogP contribution in [-0.2, 0) is 0 Å². The average molecular weight is 394 g/mol. The van der Waals surface area contributed by atoms with Gasteiger partial charge in [0.1, 0.15) is 15.6 Å². The number of alkyl halides is 2. The van der Waals surface area contributed by atoms with Crippen LogP contribution in [0.25, 0.3) is 10.6 Å². The van der Waals surface area contributed by atoms with Crippen molar-refractivity contribution in [3.63, 3.8) is 0 Å². The van der Waals surface area contributed by atoms with Crippen molar-refractivity contribution >= 4 is 28.6 Å². The van der Waals surface area contributed by atoms with Crippen LogP contribution in [0.5, 0.6) is 5.75 Å². The second-order valence-corrected chi connectivity index (χ2v) is 7.37. The van der Waals surface area contributed by atoms with Crippen molar-refractivity contribution in [2.75, 3.05) is 0 Å². The van der Waals surface area contributed by atoms with Gasteiger partial charge in [-0.05, 0) is 43.0 Å². The van der Waals surface area contributed by atoms with E-state index in [2.05, 4.69) is 15.0 Å². The van der Waals surface area contributed by atoms with E-state index >= 15 is 0 Å². The first-order valence-corrected chi connectivity index (χ1v) is 9.55. The molecule has 0 bridgehead atoms. The summed E-state index contributed by atoms with van der Waals surface area (Å²) in [6, 6.07) is 7.90. The van der Waals surface area contributed by atoms with Crippen molar-refractivity contribution in [2.24, 2.45) is 0 Å². The van der Waals surface area contributed by atoms with Crippen LogP contribution >= 0.6 is 22.7 Å². The summed E-state index contributed by atoms with van der Waals surface area (Å²) in [6.07, 6.45) is 0. The minimum absolute atomic E-state index is 0.0623. The molecule has 3 aromatic rings. The van der Waals surface area contributed by atoms with Crippen molar-refractivity contribution in [1.29, 1.82) is 0 Å². The molecule has 0 aliphatic heterocycles. The fourth-order valence-electron chi connectivity index (χ4n) is 2.42. The van der Waals surface area contributed by atoms with Crippen molar-refractivity contribution in [3.05, 3.63) is 57.2 Å². The maximum absolute atomic E-state index is 12.6. The van der Waals surface area contributed by atoms with Crippen molar-refractivity contribution in [1.82, 2.24) is 10.3 Å². The molecule has 4 nitrogen and oxygen atoms in total. The maximum Gasteiger partial charge on any atom is 0.387 e. The highest BCUT2D eigenvalue weighted by atomic mass is 32.1. The quantitative estimate of drug-likeness (QED) is 0.619. The molecule has 0 fully saturated rings. The number of nitrogens with zero attached hydrogens (tertiary/aromatic N) is 1. The van der Waals surface area contributed by atoms with Gasteiger partial charge in [0.15, 0.2) is 0 Å². The Morgan fingerprint density at radius 3 is 2.81 bits per heavy atom. The lowest BCUT2D eigenvalue weighted by Gasteiger charge is -2.15. The van der Waals surface area contributed by atoms with Crippen LogP contribution in [0.1, 0.15) is 33.9 Å². The molecular formula is C18H16F2N2O2S2. The highest BCUT2D eigenvalue weighted by molar-refractivity contribution is 7.17. The fourth-order valence-corrected chi connectivity index (χ4v) is 4.10. The summed E-state index contributed by atoms with van der Waals surface area (Å²) in [4.78, 5) is 17.6. The maximum atomic E-state index is 12.6. The van der Waals surface area contributed by atoms with Crippen LogP contribution in [0.3, 0.4) is 0 Å². The molecule has 0 saturated carbocycles. The molecule has 1 N–H and O–H groups in total. The van der Waals surface area contributed by atoms with Crippen molar-refractivity contribution < 1.29 is 18.3 Å². The first-order chi connectivity index (χ1) is 12.4. The number of aromatic nitrogens is 1. The summed E-state index contributed by atoms with van der Waals surface area (Å²) in [5.41, 5.74) is 2.33. The molecule has 0 spiro atoms. The lowest BCUT2D eigenvalue weighted by molar-refractivity contribution is -0.0499. The Labute approximate surface area is 157 Å². The fraction of sp³-hybridized carbons (Fsp3) is 0.222. The number of amides is 1. The van der Waals surface area contributed by atoms with E-state index < -0.39 is 6.61 Å². The van der Waals surface area contributed by atoms with Gasteiger partial charge in [0.25, 0.3) is 5.91 Å². The van der Waals surface area contributed by atoms with E-state index in [0.717, 1.165) is 10.6 Å². The van der Waals surface area contributed by atoms with Crippen LogP contribution in [0.4, 0.5) is 8.78 Å². The molecule has 0 aliphatic carbocycles. The van der Waals surface area contributed by atoms with E-state index in [-0.39, 0.29) is 17.7 Å². The SMILES string of the molecule is Cc1nc(-c2ccsc2)sc1C(=O)NC(C)c1cccc(OC(F)F)c1. The van der Waals surface area contributed by atoms with Gasteiger partial charge in [0.05, 0.1) is 11.7 Å². The number of benzene rings is 1. The third-order valence-corrected chi connectivity index (χ3v) is 5.59. The Morgan fingerprint density at radius 1 is 1.31 bits per heavy atom. The third kappa shape index (κ3) is 4.25. The van der Waals surface area contributed by atoms with Gasteiger partial charge >= 0.3 is 6.61 Å². The Kier molecular flexibility index (Phi) is 5.63. The molecule has 1 aromatic carbocycles. The number of carbonyl (C=O) groups is 1. The highest BCUT2D eigenvalue weighted by Gasteiger charge is 2.19. The minimum atomic E-state index is -2.88. The van der Waals surface area contributed by atoms with Crippen LogP contribution in [0.15, 0.2) is 41.1 Å². The van der Waals surface area contributed by atoms with Crippen LogP contribution in [0, 0.1) is 6.92 Å². The lowest BCUT2D eigenvalue weighted by atomic mass is 10.1. The molecule has 2 aromatic heterocycles. The van der Waals surface area contributed by atoms with E-state index in [1.54, 1.807) is 37.3 Å². The minimum Gasteiger partial charge on any atom is -0.435 e. The summed E-state index contributed by atoms with van der Waals surface area (Å²) in [5, 5.41) is 7.63. The number of carbonyl (C=O) groups excluding carboxylic acids is 1. The Hall–Kier alpha value is -2.32. The summed E-state index contributed by atoms with van der Waals surface area (Å²) in [6.45, 7) is 0.698. The van der Waals surface area contributed by atoms with Gasteiger partial charge < -0.3 is 10.1 Å². The number of hydrogen-bond acceptors (Lipinski definition) is 5. The van der Waals surface area contributed by atoms with Gasteiger partial charge in [-0.3, -0.25) is 4.79 Å². The summed E-state index contributed by atoms with van der Waals surface area (Å²) < 4.78 is 29.1. The molecule has 1 atom stereocenters. The van der Waals surface area contributed by atoms with Gasteiger partial charge in [0.2, 0.25) is 0 Å². The molecule has 3 rings (SSSR count). The second-order valence-electron chi connectivity index (χ2n) is 5.59. The van der Waals surface area contributed by atoms with E-state index in [1.165, 1.54) is 23.5 Å². The topological polar surface area (TPSA) is 51.2 Å². The number of ether oxygens (including phenoxy) is 1. The van der Waals surface area contributed by atoms with E-state index in [9.17, 15) is 13.6 Å². The largest absolute Gasteiger partial charge is 0.435 e. The van der Waals surface area contributed by atoms with E-state index in [0.29, 0.717) is 16.1 Å². The Bertz CT molecular complexity index is 894. The average Bonchev–Trinajstić information content (AvgIpc) is 3.23. The van der Waals surface area contributed by atoms with E-state index in [1.807, 2.05) is 16.8 Å². The molecule has 26 heavy (non-hydrogen) atoms. The highest BCUT2D eigenvalue weighted by Crippen LogP contribution is 2.30. The molecule has 0 aliphatic rings. The van der Waals surface area contributed by atoms with Crippen molar-refractivity contribution in [2.45, 2.75) is 26.5 Å². The summed E-state index contributed by atoms with van der Waals surface area (Å²) in [5.74, 6) is -0.179. The zero-order valence-corrected chi connectivity index (χ0v) is 15.7. The van der Waals surface area contributed by atoms with Crippen LogP contribution in [-0.4, -0.2) is 17.5 Å². The molecule has 0 radical (unpaired) electrons. The van der Waals surface area contributed by atoms with Gasteiger partial charge in [-0.25, -0.2) is 4.98 Å². The molecule has 1 amide bonds. The third-order valence-electron chi connectivity index (χ3n) is 3.70. The smallest absolute Gasteiger partial charge is 0.387 e. The zero-order valence-electron chi connectivity index (χ0n) is 14.0. The molecule has 1 unspecified atom stereocenters. The molecule has 136 valence electrons. The monoisotopic (exact) mass is 394 g/mol. The first kappa shape index (κ1) is 18.5. The molecular weight excluding hydrogens is 378 g/mol.